The number of benzene rings is 1. The molecular weight excluding hydrogens is 314 g/mol. The number of carbonyl (C=O) groups is 2. The number of nitrogens with one attached hydrogen (secondary N) is 1. The molecular formula is C17H17NO4S. The van der Waals surface area contributed by atoms with Crippen LogP contribution in [0.4, 0.5) is 0 Å². The number of ketones is 1. The molecule has 3 rings (SSSR count). The molecule has 0 fully saturated rings. The molecule has 2 aromatic rings. The van der Waals surface area contributed by atoms with E-state index in [9.17, 15) is 9.59 Å². The van der Waals surface area contributed by atoms with Crippen LogP contribution in [0.1, 0.15) is 31.8 Å². The third-order valence-corrected chi connectivity index (χ3v) is 4.72. The van der Waals surface area contributed by atoms with E-state index in [4.69, 9.17) is 9.47 Å². The number of carbonyl (C=O) groups excluding carboxylic acids is 2. The molecule has 1 aliphatic heterocycles. The summed E-state index contributed by atoms with van der Waals surface area (Å²) < 4.78 is 11.0. The number of para-hydroxylation sites is 1. The number of hydrogen-bond acceptors (Lipinski definition) is 5. The zero-order chi connectivity index (χ0) is 16.2. The molecule has 0 saturated carbocycles. The molecule has 0 saturated heterocycles. The van der Waals surface area contributed by atoms with Gasteiger partial charge in [0.2, 0.25) is 0 Å². The summed E-state index contributed by atoms with van der Waals surface area (Å²) >= 11 is 1.47. The third-order valence-electron chi connectivity index (χ3n) is 3.48. The van der Waals surface area contributed by atoms with Gasteiger partial charge >= 0.3 is 0 Å². The van der Waals surface area contributed by atoms with Crippen molar-refractivity contribution in [2.75, 3.05) is 19.8 Å². The van der Waals surface area contributed by atoms with Gasteiger partial charge in [-0.3, -0.25) is 9.59 Å². The first-order valence-electron chi connectivity index (χ1n) is 7.41. The van der Waals surface area contributed by atoms with E-state index >= 15 is 0 Å². The van der Waals surface area contributed by atoms with E-state index in [0.29, 0.717) is 43.2 Å². The van der Waals surface area contributed by atoms with E-state index in [1.807, 2.05) is 12.1 Å². The summed E-state index contributed by atoms with van der Waals surface area (Å²) in [6.07, 6.45) is 0.691. The van der Waals surface area contributed by atoms with Crippen molar-refractivity contribution in [3.05, 3.63) is 45.6 Å². The van der Waals surface area contributed by atoms with E-state index < -0.39 is 0 Å². The van der Waals surface area contributed by atoms with Crippen LogP contribution in [0.15, 0.2) is 30.3 Å². The van der Waals surface area contributed by atoms with Crippen LogP contribution in [0.25, 0.3) is 0 Å². The second kappa shape index (κ2) is 6.83. The van der Waals surface area contributed by atoms with Gasteiger partial charge in [-0.05, 0) is 37.6 Å². The van der Waals surface area contributed by atoms with Crippen molar-refractivity contribution in [3.63, 3.8) is 0 Å². The Kier molecular flexibility index (Phi) is 4.62. The number of amides is 1. The highest BCUT2D eigenvalue weighted by atomic mass is 32.1. The molecule has 1 N–H and O–H groups in total. The Morgan fingerprint density at radius 2 is 2.00 bits per heavy atom. The van der Waals surface area contributed by atoms with Crippen molar-refractivity contribution in [2.24, 2.45) is 0 Å². The van der Waals surface area contributed by atoms with Gasteiger partial charge in [0.25, 0.3) is 5.91 Å². The molecule has 1 aromatic heterocycles. The zero-order valence-corrected chi connectivity index (χ0v) is 13.6. The molecule has 0 radical (unpaired) electrons. The van der Waals surface area contributed by atoms with Crippen molar-refractivity contribution in [3.8, 4) is 11.5 Å². The van der Waals surface area contributed by atoms with Crippen molar-refractivity contribution in [1.82, 2.24) is 5.32 Å². The lowest BCUT2D eigenvalue weighted by Crippen LogP contribution is -2.27. The fraction of sp³-hybridized carbons (Fsp3) is 0.294. The Balaban J connectivity index is 1.60. The Labute approximate surface area is 138 Å². The smallest absolute Gasteiger partial charge is 0.255 e. The monoisotopic (exact) mass is 331 g/mol. The van der Waals surface area contributed by atoms with E-state index in [0.717, 1.165) is 9.75 Å². The summed E-state index contributed by atoms with van der Waals surface area (Å²) in [4.78, 5) is 25.4. The number of hydrogen-bond donors (Lipinski definition) is 1. The van der Waals surface area contributed by atoms with Gasteiger partial charge < -0.3 is 14.8 Å². The van der Waals surface area contributed by atoms with Gasteiger partial charge in [-0.1, -0.05) is 6.07 Å². The minimum absolute atomic E-state index is 0.0679. The fourth-order valence-electron chi connectivity index (χ4n) is 2.35. The summed E-state index contributed by atoms with van der Waals surface area (Å²) in [5.41, 5.74) is 0.484. The highest BCUT2D eigenvalue weighted by Crippen LogP contribution is 2.33. The Morgan fingerprint density at radius 3 is 2.78 bits per heavy atom. The Hall–Kier alpha value is -2.34. The first-order valence-corrected chi connectivity index (χ1v) is 8.23. The van der Waals surface area contributed by atoms with Gasteiger partial charge in [0.05, 0.1) is 10.4 Å². The van der Waals surface area contributed by atoms with Crippen LogP contribution in [0.5, 0.6) is 11.5 Å². The summed E-state index contributed by atoms with van der Waals surface area (Å²) in [7, 11) is 0. The van der Waals surface area contributed by atoms with E-state index in [2.05, 4.69) is 5.32 Å². The average Bonchev–Trinajstić information content (AvgIpc) is 3.03. The summed E-state index contributed by atoms with van der Waals surface area (Å²) in [6, 6.07) is 9.04. The SMILES string of the molecule is CC(=O)c1ccc(CCNC(=O)c2cccc3c2OCCO3)s1. The number of ether oxygens (including phenoxy) is 2. The maximum Gasteiger partial charge on any atom is 0.255 e. The van der Waals surface area contributed by atoms with Crippen LogP contribution in [0.2, 0.25) is 0 Å². The minimum atomic E-state index is -0.185. The van der Waals surface area contributed by atoms with Gasteiger partial charge in [0.15, 0.2) is 17.3 Å². The minimum Gasteiger partial charge on any atom is -0.486 e. The molecule has 0 atom stereocenters. The molecule has 120 valence electrons. The molecule has 1 aliphatic rings. The van der Waals surface area contributed by atoms with Crippen LogP contribution >= 0.6 is 11.3 Å². The van der Waals surface area contributed by atoms with Crippen LogP contribution in [0, 0.1) is 0 Å². The number of Topliss-reactive ketones (excluding diaryl/α,β-unsaturated/α-hetero) is 1. The van der Waals surface area contributed by atoms with Gasteiger partial charge in [-0.25, -0.2) is 0 Å². The number of thiophene rings is 1. The molecule has 1 amide bonds. The predicted octanol–water partition coefficient (Wildman–Crippen LogP) is 2.69. The van der Waals surface area contributed by atoms with Gasteiger partial charge in [-0.2, -0.15) is 0 Å². The van der Waals surface area contributed by atoms with Gasteiger partial charge in [0, 0.05) is 11.4 Å². The standard InChI is InChI=1S/C17H17NO4S/c1-11(19)15-6-5-12(23-15)7-8-18-17(20)13-3-2-4-14-16(13)22-10-9-21-14/h2-6H,7-10H2,1H3,(H,18,20). The van der Waals surface area contributed by atoms with Gasteiger partial charge in [-0.15, -0.1) is 11.3 Å². The molecule has 2 heterocycles. The molecule has 0 aliphatic carbocycles. The van der Waals surface area contributed by atoms with E-state index in [1.165, 1.54) is 11.3 Å². The van der Waals surface area contributed by atoms with E-state index in [-0.39, 0.29) is 11.7 Å². The highest BCUT2D eigenvalue weighted by Gasteiger charge is 2.20. The Morgan fingerprint density at radius 1 is 1.17 bits per heavy atom. The molecule has 0 unspecified atom stereocenters. The third kappa shape index (κ3) is 3.53. The predicted molar refractivity (Wildman–Crippen MR) is 87.8 cm³/mol. The van der Waals surface area contributed by atoms with Crippen LogP contribution in [-0.2, 0) is 6.42 Å². The molecule has 0 bridgehead atoms. The fourth-order valence-corrected chi connectivity index (χ4v) is 3.25. The second-order valence-corrected chi connectivity index (χ2v) is 6.33. The summed E-state index contributed by atoms with van der Waals surface area (Å²) in [5, 5.41) is 2.88. The Bertz CT molecular complexity index is 738. The summed E-state index contributed by atoms with van der Waals surface area (Å²) in [5.74, 6) is 0.994. The molecule has 23 heavy (non-hydrogen) atoms. The highest BCUT2D eigenvalue weighted by molar-refractivity contribution is 7.14. The molecule has 0 spiro atoms. The first-order chi connectivity index (χ1) is 11.1. The van der Waals surface area contributed by atoms with Crippen LogP contribution in [-0.4, -0.2) is 31.4 Å². The van der Waals surface area contributed by atoms with Crippen LogP contribution < -0.4 is 14.8 Å². The second-order valence-electron chi connectivity index (χ2n) is 5.16. The maximum absolute atomic E-state index is 12.3. The largest absolute Gasteiger partial charge is 0.486 e. The molecule has 5 nitrogen and oxygen atoms in total. The van der Waals surface area contributed by atoms with E-state index in [1.54, 1.807) is 25.1 Å². The first kappa shape index (κ1) is 15.6. The maximum atomic E-state index is 12.3. The summed E-state index contributed by atoms with van der Waals surface area (Å²) in [6.45, 7) is 2.99. The normalized spacial score (nSPS) is 12.7. The lowest BCUT2D eigenvalue weighted by Gasteiger charge is -2.20. The number of rotatable bonds is 5. The molecule has 1 aromatic carbocycles. The quantitative estimate of drug-likeness (QED) is 0.856. The van der Waals surface area contributed by atoms with Gasteiger partial charge in [0.1, 0.15) is 13.2 Å². The van der Waals surface area contributed by atoms with Crippen molar-refractivity contribution < 1.29 is 19.1 Å². The van der Waals surface area contributed by atoms with Crippen LogP contribution in [0.3, 0.4) is 0 Å². The zero-order valence-electron chi connectivity index (χ0n) is 12.8. The molecule has 6 heteroatoms. The van der Waals surface area contributed by atoms with Crippen molar-refractivity contribution in [2.45, 2.75) is 13.3 Å². The lowest BCUT2D eigenvalue weighted by atomic mass is 10.1. The van der Waals surface area contributed by atoms with Crippen molar-refractivity contribution >= 4 is 23.0 Å². The van der Waals surface area contributed by atoms with Crippen molar-refractivity contribution in [1.29, 1.82) is 0 Å². The number of fused-ring (bicyclic) bond motifs is 1. The average molecular weight is 331 g/mol. The topological polar surface area (TPSA) is 64.6 Å². The lowest BCUT2D eigenvalue weighted by molar-refractivity contribution is 0.0942.